The lowest BCUT2D eigenvalue weighted by atomic mass is 9.90. The zero-order valence-electron chi connectivity index (χ0n) is 21.8. The zero-order chi connectivity index (χ0) is 26.8. The summed E-state index contributed by atoms with van der Waals surface area (Å²) in [5.74, 6) is 0.351. The molecule has 3 amide bonds. The summed E-state index contributed by atoms with van der Waals surface area (Å²) in [7, 11) is 0. The molecule has 8 heteroatoms. The number of fused-ring (bicyclic) bond motifs is 1. The van der Waals surface area contributed by atoms with Gasteiger partial charge in [0.1, 0.15) is 18.4 Å². The lowest BCUT2D eigenvalue weighted by molar-refractivity contribution is -0.136. The molecular formula is C31H32N4O4. The number of pyridine rings is 1. The van der Waals surface area contributed by atoms with Gasteiger partial charge in [0, 0.05) is 36.5 Å². The topological polar surface area (TPSA) is 91.8 Å². The number of piperidine rings is 2. The number of benzene rings is 2. The van der Waals surface area contributed by atoms with E-state index in [9.17, 15) is 14.4 Å². The maximum Gasteiger partial charge on any atom is 0.255 e. The average Bonchev–Trinajstić information content (AvgIpc) is 3.30. The van der Waals surface area contributed by atoms with Crippen LogP contribution in [0, 0.1) is 0 Å². The van der Waals surface area contributed by atoms with Gasteiger partial charge in [-0.1, -0.05) is 36.4 Å². The van der Waals surface area contributed by atoms with Gasteiger partial charge in [-0.2, -0.15) is 0 Å². The molecule has 2 aromatic carbocycles. The second kappa shape index (κ2) is 11.0. The number of ether oxygens (including phenoxy) is 1. The molecule has 0 saturated carbocycles. The van der Waals surface area contributed by atoms with Gasteiger partial charge in [-0.25, -0.2) is 0 Å². The number of imide groups is 1. The summed E-state index contributed by atoms with van der Waals surface area (Å²) in [6.07, 6.45) is 6.72. The number of nitrogens with one attached hydrogen (secondary N) is 1. The van der Waals surface area contributed by atoms with Crippen LogP contribution < -0.4 is 10.1 Å². The lowest BCUT2D eigenvalue weighted by Gasteiger charge is -2.32. The first-order chi connectivity index (χ1) is 19.0. The standard InChI is InChI=1S/C31H32N4O4/c36-29-11-10-27(30(37)33-29)35-19-26-25(31(35)38)4-1-5-28(26)39-20-22-8-6-21(7-9-22)18-34-15-12-23(13-16-34)24-3-2-14-32-17-24/h1-9,14,17,23,27H,10-13,15-16,18-20H2,(H,33,36,37). The fraction of sp³-hybridized carbons (Fsp3) is 0.355. The van der Waals surface area contributed by atoms with E-state index in [4.69, 9.17) is 4.74 Å². The van der Waals surface area contributed by atoms with Crippen molar-refractivity contribution in [3.8, 4) is 5.75 Å². The molecule has 3 aromatic rings. The minimum Gasteiger partial charge on any atom is -0.489 e. The second-order valence-corrected chi connectivity index (χ2v) is 10.6. The Balaban J connectivity index is 1.03. The SMILES string of the molecule is O=C1CCC(N2Cc3c(OCc4ccc(CN5CCC(c6cccnc6)CC5)cc4)cccc3C2=O)C(=O)N1. The highest BCUT2D eigenvalue weighted by atomic mass is 16.5. The third-order valence-corrected chi connectivity index (χ3v) is 8.11. The van der Waals surface area contributed by atoms with Crippen molar-refractivity contribution in [3.05, 3.63) is 94.8 Å². The number of amides is 3. The van der Waals surface area contributed by atoms with Crippen LogP contribution in [0.15, 0.2) is 67.0 Å². The molecule has 0 radical (unpaired) electrons. The number of carbonyl (C=O) groups excluding carboxylic acids is 3. The Hall–Kier alpha value is -4.04. The predicted octanol–water partition coefficient (Wildman–Crippen LogP) is 3.80. The fourth-order valence-electron chi connectivity index (χ4n) is 5.89. The van der Waals surface area contributed by atoms with Gasteiger partial charge in [0.15, 0.2) is 0 Å². The summed E-state index contributed by atoms with van der Waals surface area (Å²) in [4.78, 5) is 45.2. The van der Waals surface area contributed by atoms with E-state index in [0.717, 1.165) is 43.6 Å². The first kappa shape index (κ1) is 25.2. The van der Waals surface area contributed by atoms with Gasteiger partial charge in [-0.15, -0.1) is 0 Å². The van der Waals surface area contributed by atoms with E-state index in [2.05, 4.69) is 45.5 Å². The highest BCUT2D eigenvalue weighted by Gasteiger charge is 2.40. The molecule has 0 aliphatic carbocycles. The van der Waals surface area contributed by atoms with E-state index < -0.39 is 11.9 Å². The second-order valence-electron chi connectivity index (χ2n) is 10.6. The van der Waals surface area contributed by atoms with E-state index in [1.54, 1.807) is 17.0 Å². The van der Waals surface area contributed by atoms with Crippen molar-refractivity contribution in [3.63, 3.8) is 0 Å². The first-order valence-electron chi connectivity index (χ1n) is 13.6. The van der Waals surface area contributed by atoms with Crippen molar-refractivity contribution in [2.45, 2.75) is 57.3 Å². The van der Waals surface area contributed by atoms with Gasteiger partial charge < -0.3 is 9.64 Å². The third kappa shape index (κ3) is 5.43. The Bertz CT molecular complexity index is 1370. The number of hydrogen-bond donors (Lipinski definition) is 1. The molecule has 1 atom stereocenters. The van der Waals surface area contributed by atoms with E-state index in [0.29, 0.717) is 36.8 Å². The van der Waals surface area contributed by atoms with E-state index >= 15 is 0 Å². The molecular weight excluding hydrogens is 492 g/mol. The van der Waals surface area contributed by atoms with E-state index in [1.807, 2.05) is 24.5 Å². The van der Waals surface area contributed by atoms with Crippen LogP contribution in [-0.4, -0.2) is 51.6 Å². The van der Waals surface area contributed by atoms with Crippen LogP contribution in [-0.2, 0) is 29.3 Å². The highest BCUT2D eigenvalue weighted by Crippen LogP contribution is 2.34. The summed E-state index contributed by atoms with van der Waals surface area (Å²) in [5, 5.41) is 2.35. The molecule has 0 spiro atoms. The average molecular weight is 525 g/mol. The monoisotopic (exact) mass is 524 g/mol. The molecule has 200 valence electrons. The Labute approximate surface area is 228 Å². The fourth-order valence-corrected chi connectivity index (χ4v) is 5.89. The molecule has 6 rings (SSSR count). The zero-order valence-corrected chi connectivity index (χ0v) is 21.8. The molecule has 0 bridgehead atoms. The maximum atomic E-state index is 13.0. The smallest absolute Gasteiger partial charge is 0.255 e. The van der Waals surface area contributed by atoms with Crippen LogP contribution in [0.1, 0.15) is 64.2 Å². The molecule has 3 aliphatic heterocycles. The third-order valence-electron chi connectivity index (χ3n) is 8.11. The van der Waals surface area contributed by atoms with Crippen molar-refractivity contribution in [2.24, 2.45) is 0 Å². The van der Waals surface area contributed by atoms with Crippen LogP contribution in [0.3, 0.4) is 0 Å². The van der Waals surface area contributed by atoms with Crippen molar-refractivity contribution in [1.82, 2.24) is 20.1 Å². The summed E-state index contributed by atoms with van der Waals surface area (Å²) in [6.45, 7) is 3.79. The van der Waals surface area contributed by atoms with Crippen molar-refractivity contribution in [1.29, 1.82) is 0 Å². The van der Waals surface area contributed by atoms with Crippen molar-refractivity contribution in [2.75, 3.05) is 13.1 Å². The molecule has 8 nitrogen and oxygen atoms in total. The molecule has 3 aliphatic rings. The van der Waals surface area contributed by atoms with E-state index in [-0.39, 0.29) is 18.2 Å². The Morgan fingerprint density at radius 2 is 1.72 bits per heavy atom. The predicted molar refractivity (Wildman–Crippen MR) is 145 cm³/mol. The number of nitrogens with zero attached hydrogens (tertiary/aromatic N) is 3. The first-order valence-corrected chi connectivity index (χ1v) is 13.6. The van der Waals surface area contributed by atoms with Gasteiger partial charge in [0.05, 0.1) is 6.54 Å². The number of carbonyl (C=O) groups is 3. The minimum atomic E-state index is -0.635. The normalized spacial score (nSPS) is 20.2. The Kier molecular flexibility index (Phi) is 7.11. The minimum absolute atomic E-state index is 0.196. The highest BCUT2D eigenvalue weighted by molar-refractivity contribution is 6.05. The van der Waals surface area contributed by atoms with Crippen LogP contribution in [0.2, 0.25) is 0 Å². The molecule has 1 N–H and O–H groups in total. The summed E-state index contributed by atoms with van der Waals surface area (Å²) >= 11 is 0. The number of likely N-dealkylation sites (tertiary alicyclic amines) is 1. The summed E-state index contributed by atoms with van der Waals surface area (Å²) in [6, 6.07) is 17.5. The molecule has 1 aromatic heterocycles. The van der Waals surface area contributed by atoms with Crippen LogP contribution in [0.4, 0.5) is 0 Å². The summed E-state index contributed by atoms with van der Waals surface area (Å²) < 4.78 is 6.16. The molecule has 4 heterocycles. The molecule has 39 heavy (non-hydrogen) atoms. The Morgan fingerprint density at radius 1 is 0.923 bits per heavy atom. The maximum absolute atomic E-state index is 13.0. The molecule has 2 saturated heterocycles. The van der Waals surface area contributed by atoms with Crippen LogP contribution >= 0.6 is 0 Å². The largest absolute Gasteiger partial charge is 0.489 e. The van der Waals surface area contributed by atoms with Gasteiger partial charge in [-0.3, -0.25) is 29.6 Å². The van der Waals surface area contributed by atoms with Crippen LogP contribution in [0.25, 0.3) is 0 Å². The van der Waals surface area contributed by atoms with Gasteiger partial charge in [-0.05, 0) is 73.2 Å². The molecule has 2 fully saturated rings. The summed E-state index contributed by atoms with van der Waals surface area (Å²) in [5.41, 5.74) is 5.03. The Morgan fingerprint density at radius 3 is 2.46 bits per heavy atom. The van der Waals surface area contributed by atoms with Gasteiger partial charge in [0.25, 0.3) is 5.91 Å². The molecule has 1 unspecified atom stereocenters. The lowest BCUT2D eigenvalue weighted by Crippen LogP contribution is -2.52. The van der Waals surface area contributed by atoms with Gasteiger partial charge >= 0.3 is 0 Å². The quantitative estimate of drug-likeness (QED) is 0.473. The van der Waals surface area contributed by atoms with Crippen molar-refractivity contribution < 1.29 is 19.1 Å². The van der Waals surface area contributed by atoms with Crippen LogP contribution in [0.5, 0.6) is 5.75 Å². The number of aromatic nitrogens is 1. The number of hydrogen-bond acceptors (Lipinski definition) is 6. The van der Waals surface area contributed by atoms with Crippen molar-refractivity contribution >= 4 is 17.7 Å². The number of rotatable bonds is 7. The van der Waals surface area contributed by atoms with Gasteiger partial charge in [0.2, 0.25) is 11.8 Å². The van der Waals surface area contributed by atoms with E-state index in [1.165, 1.54) is 11.1 Å².